The van der Waals surface area contributed by atoms with E-state index in [1.54, 1.807) is 0 Å². The van der Waals surface area contributed by atoms with E-state index < -0.39 is 44.0 Å². The largest absolute Gasteiger partial charge is 0.465 e. The van der Waals surface area contributed by atoms with E-state index in [1.807, 2.05) is 31.4 Å². The van der Waals surface area contributed by atoms with Gasteiger partial charge in [-0.05, 0) is 55.8 Å². The molecule has 2 aliphatic heterocycles. The standard InChI is InChI=1S/C25H32N6O7S3/c1-15(2)9-10-31-24(32)18(13-20(27-31)21-6-5-11-39-21)23-26-19-8-7-17(12-22(19)41(37,38)29-23)28-40(35,36)14-30(16(3)4)25(33)34/h5-8,11-12,15-16,18,28H,9-10,13-14H2,1-4H3,(H,26,29)(H,33,34). The first-order valence-corrected chi connectivity index (χ1v) is 16.8. The lowest BCUT2D eigenvalue weighted by Gasteiger charge is -2.32. The number of amidine groups is 1. The van der Waals surface area contributed by atoms with Crippen molar-refractivity contribution in [1.29, 1.82) is 0 Å². The molecule has 3 heterocycles. The van der Waals surface area contributed by atoms with E-state index in [0.717, 1.165) is 15.8 Å². The minimum absolute atomic E-state index is 0.0385. The molecule has 1 aromatic heterocycles. The van der Waals surface area contributed by atoms with Gasteiger partial charge in [-0.1, -0.05) is 19.9 Å². The summed E-state index contributed by atoms with van der Waals surface area (Å²) in [5.74, 6) is -1.84. The van der Waals surface area contributed by atoms with Crippen LogP contribution in [0.2, 0.25) is 0 Å². The fourth-order valence-corrected chi connectivity index (χ4v) is 7.51. The lowest BCUT2D eigenvalue weighted by Crippen LogP contribution is -2.45. The van der Waals surface area contributed by atoms with Crippen LogP contribution in [0, 0.1) is 11.8 Å². The van der Waals surface area contributed by atoms with Crippen molar-refractivity contribution >= 4 is 66.3 Å². The summed E-state index contributed by atoms with van der Waals surface area (Å²) >= 11 is 1.47. The van der Waals surface area contributed by atoms with Gasteiger partial charge in [-0.2, -0.15) is 13.5 Å². The van der Waals surface area contributed by atoms with Crippen LogP contribution in [0.3, 0.4) is 0 Å². The molecular weight excluding hydrogens is 593 g/mol. The van der Waals surface area contributed by atoms with Crippen LogP contribution in [-0.4, -0.2) is 73.9 Å². The smallest absolute Gasteiger partial charge is 0.408 e. The van der Waals surface area contributed by atoms with Crippen molar-refractivity contribution in [2.75, 3.05) is 22.5 Å². The summed E-state index contributed by atoms with van der Waals surface area (Å²) < 4.78 is 58.0. The van der Waals surface area contributed by atoms with Crippen molar-refractivity contribution in [3.63, 3.8) is 0 Å². The first-order chi connectivity index (χ1) is 19.2. The van der Waals surface area contributed by atoms with E-state index in [9.17, 15) is 31.5 Å². The summed E-state index contributed by atoms with van der Waals surface area (Å²) in [4.78, 5) is 26.2. The molecule has 16 heteroatoms. The molecular formula is C25H32N6O7S3. The van der Waals surface area contributed by atoms with Crippen LogP contribution in [0.1, 0.15) is 45.4 Å². The topological polar surface area (TPSA) is 178 Å². The molecule has 2 aliphatic rings. The van der Waals surface area contributed by atoms with Crippen molar-refractivity contribution in [2.24, 2.45) is 21.3 Å². The summed E-state index contributed by atoms with van der Waals surface area (Å²) in [7, 11) is -8.52. The highest BCUT2D eigenvalue weighted by atomic mass is 32.2. The van der Waals surface area contributed by atoms with Crippen LogP contribution in [0.15, 0.2) is 50.1 Å². The van der Waals surface area contributed by atoms with Gasteiger partial charge in [0.1, 0.15) is 22.5 Å². The van der Waals surface area contributed by atoms with E-state index in [0.29, 0.717) is 24.6 Å². The summed E-state index contributed by atoms with van der Waals surface area (Å²) in [5.41, 5.74) is 0.708. The van der Waals surface area contributed by atoms with Crippen molar-refractivity contribution in [3.05, 3.63) is 40.6 Å². The highest BCUT2D eigenvalue weighted by molar-refractivity contribution is 7.92. The summed E-state index contributed by atoms with van der Waals surface area (Å²) in [5, 5.41) is 20.1. The first kappa shape index (κ1) is 30.5. The third kappa shape index (κ3) is 7.05. The Morgan fingerprint density at radius 1 is 1.27 bits per heavy atom. The zero-order chi connectivity index (χ0) is 30.1. The fourth-order valence-electron chi connectivity index (χ4n) is 4.26. The van der Waals surface area contributed by atoms with Gasteiger partial charge in [0.15, 0.2) is 0 Å². The number of amides is 2. The Balaban J connectivity index is 1.61. The maximum atomic E-state index is 13.5. The Hall–Kier alpha value is -3.50. The number of hydrazone groups is 1. The number of fused-ring (bicyclic) bond motifs is 1. The highest BCUT2D eigenvalue weighted by Gasteiger charge is 2.39. The third-order valence-corrected chi connectivity index (χ3v) is 9.85. The molecule has 1 atom stereocenters. The lowest BCUT2D eigenvalue weighted by molar-refractivity contribution is -0.134. The normalized spacial score (nSPS) is 18.4. The highest BCUT2D eigenvalue weighted by Crippen LogP contribution is 2.34. The maximum Gasteiger partial charge on any atom is 0.408 e. The van der Waals surface area contributed by atoms with Gasteiger partial charge in [0.25, 0.3) is 26.0 Å². The summed E-state index contributed by atoms with van der Waals surface area (Å²) in [6.07, 6.45) is -0.542. The molecule has 0 aliphatic carbocycles. The van der Waals surface area contributed by atoms with E-state index in [-0.39, 0.29) is 34.4 Å². The molecule has 2 aromatic rings. The van der Waals surface area contributed by atoms with Gasteiger partial charge >= 0.3 is 6.09 Å². The number of carbonyl (C=O) groups is 2. The van der Waals surface area contributed by atoms with Gasteiger partial charge in [-0.15, -0.1) is 15.7 Å². The molecule has 1 unspecified atom stereocenters. The number of rotatable bonds is 10. The zero-order valence-electron chi connectivity index (χ0n) is 22.9. The molecule has 0 spiro atoms. The Bertz CT molecular complexity index is 1600. The van der Waals surface area contributed by atoms with Crippen molar-refractivity contribution in [2.45, 2.75) is 51.5 Å². The van der Waals surface area contributed by atoms with Crippen LogP contribution < -0.4 is 10.0 Å². The molecule has 222 valence electrons. The zero-order valence-corrected chi connectivity index (χ0v) is 25.4. The number of anilines is 2. The molecule has 0 radical (unpaired) electrons. The number of carbonyl (C=O) groups excluding carboxylic acids is 1. The molecule has 4 rings (SSSR count). The van der Waals surface area contributed by atoms with Gasteiger partial charge < -0.3 is 10.4 Å². The van der Waals surface area contributed by atoms with Crippen LogP contribution in [0.4, 0.5) is 16.2 Å². The minimum atomic E-state index is -4.33. The number of hydrogen-bond donors (Lipinski definition) is 3. The van der Waals surface area contributed by atoms with Crippen LogP contribution >= 0.6 is 11.3 Å². The van der Waals surface area contributed by atoms with Gasteiger partial charge in [0, 0.05) is 19.0 Å². The van der Waals surface area contributed by atoms with Gasteiger partial charge in [-0.3, -0.25) is 14.4 Å². The molecule has 13 nitrogen and oxygen atoms in total. The van der Waals surface area contributed by atoms with Crippen LogP contribution in [0.5, 0.6) is 0 Å². The second-order valence-corrected chi connectivity index (χ2v) is 14.6. The molecule has 0 saturated carbocycles. The first-order valence-electron chi connectivity index (χ1n) is 12.9. The number of nitrogens with one attached hydrogen (secondary N) is 2. The van der Waals surface area contributed by atoms with E-state index in [2.05, 4.69) is 19.5 Å². The Morgan fingerprint density at radius 3 is 2.61 bits per heavy atom. The third-order valence-electron chi connectivity index (χ3n) is 6.44. The Kier molecular flexibility index (Phi) is 8.75. The Morgan fingerprint density at radius 2 is 2.00 bits per heavy atom. The SMILES string of the molecule is CC(C)CCN1N=C(c2cccs2)CC(C2=NS(=O)(=O)c3cc(NS(=O)(=O)CN(C(=O)O)C(C)C)ccc3N2)C1=O. The summed E-state index contributed by atoms with van der Waals surface area (Å²) in [6.45, 7) is 7.51. The number of nitrogens with zero attached hydrogens (tertiary/aromatic N) is 4. The van der Waals surface area contributed by atoms with Crippen molar-refractivity contribution < 1.29 is 31.5 Å². The second-order valence-electron chi connectivity index (χ2n) is 10.4. The molecule has 2 amide bonds. The molecule has 0 saturated heterocycles. The van der Waals surface area contributed by atoms with Gasteiger partial charge in [0.05, 0.1) is 22.0 Å². The number of benzene rings is 1. The van der Waals surface area contributed by atoms with E-state index in [4.69, 9.17) is 0 Å². The Labute approximate surface area is 243 Å². The molecule has 41 heavy (non-hydrogen) atoms. The quantitative estimate of drug-likeness (QED) is 0.359. The molecule has 0 fully saturated rings. The van der Waals surface area contributed by atoms with Crippen LogP contribution in [0.25, 0.3) is 0 Å². The number of sulfonamides is 2. The average molecular weight is 625 g/mol. The van der Waals surface area contributed by atoms with E-state index >= 15 is 0 Å². The molecule has 0 bridgehead atoms. The van der Waals surface area contributed by atoms with Crippen molar-refractivity contribution in [1.82, 2.24) is 9.91 Å². The van der Waals surface area contributed by atoms with Gasteiger partial charge in [0.2, 0.25) is 0 Å². The minimum Gasteiger partial charge on any atom is -0.465 e. The predicted molar refractivity (Wildman–Crippen MR) is 157 cm³/mol. The fraction of sp³-hybridized carbons (Fsp3) is 0.440. The summed E-state index contributed by atoms with van der Waals surface area (Å²) in [6, 6.07) is 6.98. The monoisotopic (exact) mass is 624 g/mol. The maximum absolute atomic E-state index is 13.5. The van der Waals surface area contributed by atoms with Gasteiger partial charge in [-0.25, -0.2) is 18.2 Å². The number of thiophene rings is 1. The van der Waals surface area contributed by atoms with Crippen molar-refractivity contribution in [3.8, 4) is 0 Å². The molecule has 1 aromatic carbocycles. The molecule has 3 N–H and O–H groups in total. The predicted octanol–water partition coefficient (Wildman–Crippen LogP) is 3.65. The number of hydrogen-bond acceptors (Lipinski definition) is 9. The number of carboxylic acid groups (broad SMARTS) is 1. The van der Waals surface area contributed by atoms with Crippen LogP contribution in [-0.2, 0) is 24.8 Å². The van der Waals surface area contributed by atoms with E-state index in [1.165, 1.54) is 42.3 Å². The second kappa shape index (κ2) is 11.8. The lowest BCUT2D eigenvalue weighted by atomic mass is 9.96. The average Bonchev–Trinajstić information content (AvgIpc) is 3.41.